The Kier molecular flexibility index (Phi) is 5.05. The Morgan fingerprint density at radius 2 is 2.47 bits per heavy atom. The molecule has 2 atom stereocenters. The molecule has 0 fully saturated rings. The average Bonchev–Trinajstić information content (AvgIpc) is 2.72. The smallest absolute Gasteiger partial charge is 0.331 e. The van der Waals surface area contributed by atoms with Crippen molar-refractivity contribution >= 4 is 23.7 Å². The highest BCUT2D eigenvalue weighted by atomic mass is 32.1. The van der Waals surface area contributed by atoms with Gasteiger partial charge in [0.25, 0.3) is 0 Å². The summed E-state index contributed by atoms with van der Waals surface area (Å²) >= 11 is 1.35. The monoisotopic (exact) mass is 258 g/mol. The van der Waals surface area contributed by atoms with E-state index in [1.54, 1.807) is 19.2 Å². The molecule has 1 aromatic rings. The number of nitrogens with one attached hydrogen (secondary N) is 1. The molecule has 94 valence electrons. The molecule has 2 N–H and O–H groups in total. The van der Waals surface area contributed by atoms with E-state index in [0.29, 0.717) is 12.1 Å². The number of aryl methyl sites for hydroxylation is 1. The highest BCUT2D eigenvalue weighted by Gasteiger charge is 2.30. The number of carbonyl (C=O) groups excluding carboxylic acids is 2. The molecule has 0 saturated heterocycles. The number of aromatic nitrogens is 1. The number of thiazole rings is 1. The fourth-order valence-corrected chi connectivity index (χ4v) is 1.92. The predicted octanol–water partition coefficient (Wildman–Crippen LogP) is 0.163. The largest absolute Gasteiger partial charge is 0.464 e. The molecule has 7 heteroatoms. The van der Waals surface area contributed by atoms with Crippen LogP contribution >= 0.6 is 11.3 Å². The molecular weight excluding hydrogens is 244 g/mol. The molecule has 0 radical (unpaired) electrons. The minimum Gasteiger partial charge on any atom is -0.464 e. The van der Waals surface area contributed by atoms with E-state index in [1.807, 2.05) is 0 Å². The first-order valence-electron chi connectivity index (χ1n) is 5.06. The molecule has 6 nitrogen and oxygen atoms in total. The Morgan fingerprint density at radius 1 is 1.76 bits per heavy atom. The summed E-state index contributed by atoms with van der Waals surface area (Å²) in [5.41, 5.74) is 0.347. The zero-order chi connectivity index (χ0) is 12.8. The van der Waals surface area contributed by atoms with Crippen molar-refractivity contribution < 1.29 is 19.4 Å². The van der Waals surface area contributed by atoms with Gasteiger partial charge in [-0.15, -0.1) is 11.3 Å². The van der Waals surface area contributed by atoms with Crippen LogP contribution < -0.4 is 5.32 Å². The summed E-state index contributed by atoms with van der Waals surface area (Å²) in [7, 11) is 0. The van der Waals surface area contributed by atoms with Gasteiger partial charge in [0.1, 0.15) is 6.10 Å². The lowest BCUT2D eigenvalue weighted by Gasteiger charge is -2.18. The van der Waals surface area contributed by atoms with E-state index in [9.17, 15) is 14.7 Å². The maximum absolute atomic E-state index is 11.5. The van der Waals surface area contributed by atoms with E-state index in [4.69, 9.17) is 4.74 Å². The van der Waals surface area contributed by atoms with Gasteiger partial charge < -0.3 is 15.2 Å². The van der Waals surface area contributed by atoms with Crippen molar-refractivity contribution in [3.63, 3.8) is 0 Å². The molecule has 1 amide bonds. The normalized spacial score (nSPS) is 13.8. The minimum absolute atomic E-state index is 0.179. The van der Waals surface area contributed by atoms with Gasteiger partial charge in [-0.25, -0.2) is 9.78 Å². The molecule has 1 rings (SSSR count). The van der Waals surface area contributed by atoms with E-state index in [2.05, 4.69) is 10.3 Å². The van der Waals surface area contributed by atoms with Crippen molar-refractivity contribution in [3.05, 3.63) is 16.1 Å². The van der Waals surface area contributed by atoms with E-state index in [0.717, 1.165) is 5.01 Å². The van der Waals surface area contributed by atoms with Crippen LogP contribution in [0.2, 0.25) is 0 Å². The van der Waals surface area contributed by atoms with Crippen molar-refractivity contribution in [2.24, 2.45) is 0 Å². The molecule has 0 aliphatic rings. The van der Waals surface area contributed by atoms with Gasteiger partial charge in [0.05, 0.1) is 17.3 Å². The van der Waals surface area contributed by atoms with Crippen molar-refractivity contribution in [1.82, 2.24) is 10.3 Å². The molecule has 0 saturated carbocycles. The number of carbonyl (C=O) groups is 2. The third kappa shape index (κ3) is 3.50. The Balaban J connectivity index is 2.82. The summed E-state index contributed by atoms with van der Waals surface area (Å²) in [6, 6.07) is -1.13. The van der Waals surface area contributed by atoms with Crippen LogP contribution in [0.5, 0.6) is 0 Å². The first-order valence-corrected chi connectivity index (χ1v) is 5.94. The summed E-state index contributed by atoms with van der Waals surface area (Å²) in [6.07, 6.45) is -0.853. The Hall–Kier alpha value is -1.47. The van der Waals surface area contributed by atoms with E-state index < -0.39 is 18.1 Å². The third-order valence-electron chi connectivity index (χ3n) is 2.04. The topological polar surface area (TPSA) is 88.5 Å². The number of esters is 1. The quantitative estimate of drug-likeness (QED) is 0.560. The number of aliphatic hydroxyl groups excluding tert-OH is 1. The fraction of sp³-hybridized carbons (Fsp3) is 0.500. The fourth-order valence-electron chi connectivity index (χ4n) is 1.28. The van der Waals surface area contributed by atoms with Gasteiger partial charge in [0, 0.05) is 5.38 Å². The molecule has 1 aromatic heterocycles. The van der Waals surface area contributed by atoms with Gasteiger partial charge in [-0.05, 0) is 13.8 Å². The van der Waals surface area contributed by atoms with Crippen LogP contribution in [0, 0.1) is 6.92 Å². The zero-order valence-electron chi connectivity index (χ0n) is 9.54. The van der Waals surface area contributed by atoms with Crippen molar-refractivity contribution in [1.29, 1.82) is 0 Å². The van der Waals surface area contributed by atoms with Crippen LogP contribution in [0.15, 0.2) is 5.38 Å². The predicted molar refractivity (Wildman–Crippen MR) is 61.4 cm³/mol. The van der Waals surface area contributed by atoms with Gasteiger partial charge in [0.15, 0.2) is 6.04 Å². The number of rotatable bonds is 6. The lowest BCUT2D eigenvalue weighted by atomic mass is 10.1. The third-order valence-corrected chi connectivity index (χ3v) is 2.84. The molecule has 1 heterocycles. The number of ether oxygens (including phenoxy) is 1. The van der Waals surface area contributed by atoms with Crippen molar-refractivity contribution in [2.45, 2.75) is 26.0 Å². The second-order valence-electron chi connectivity index (χ2n) is 3.25. The molecule has 0 spiro atoms. The lowest BCUT2D eigenvalue weighted by Crippen LogP contribution is -2.42. The summed E-state index contributed by atoms with van der Waals surface area (Å²) < 4.78 is 4.76. The van der Waals surface area contributed by atoms with E-state index in [1.165, 1.54) is 11.3 Å². The zero-order valence-corrected chi connectivity index (χ0v) is 10.4. The number of amides is 1. The molecular formula is C10H14N2O4S. The summed E-state index contributed by atoms with van der Waals surface area (Å²) in [5, 5.41) is 14.6. The molecule has 2 unspecified atom stereocenters. The maximum atomic E-state index is 11.5. The van der Waals surface area contributed by atoms with Crippen LogP contribution in [0.25, 0.3) is 0 Å². The van der Waals surface area contributed by atoms with Crippen LogP contribution in [0.4, 0.5) is 0 Å². The Labute approximate surface area is 103 Å². The van der Waals surface area contributed by atoms with Crippen LogP contribution in [-0.2, 0) is 14.3 Å². The minimum atomic E-state index is -1.20. The Morgan fingerprint density at radius 3 is 2.94 bits per heavy atom. The van der Waals surface area contributed by atoms with Gasteiger partial charge in [-0.1, -0.05) is 0 Å². The second kappa shape index (κ2) is 6.31. The highest BCUT2D eigenvalue weighted by Crippen LogP contribution is 2.19. The van der Waals surface area contributed by atoms with E-state index in [-0.39, 0.29) is 6.61 Å². The molecule has 0 bridgehead atoms. The SMILES string of the molecule is CCOC(=O)C(NC=O)C(O)c1csc(C)n1. The van der Waals surface area contributed by atoms with Crippen molar-refractivity contribution in [3.8, 4) is 0 Å². The van der Waals surface area contributed by atoms with Gasteiger partial charge >= 0.3 is 5.97 Å². The lowest BCUT2D eigenvalue weighted by molar-refractivity contribution is -0.150. The standard InChI is InChI=1S/C10H14N2O4S/c1-3-16-10(15)8(11-5-13)9(14)7-4-17-6(2)12-7/h4-5,8-9,14H,3H2,1-2H3,(H,11,13). The average molecular weight is 258 g/mol. The highest BCUT2D eigenvalue weighted by molar-refractivity contribution is 7.09. The van der Waals surface area contributed by atoms with Crippen LogP contribution in [-0.4, -0.2) is 35.1 Å². The molecule has 0 aromatic carbocycles. The van der Waals surface area contributed by atoms with Crippen molar-refractivity contribution in [2.75, 3.05) is 6.61 Å². The number of hydrogen-bond acceptors (Lipinski definition) is 6. The number of aliphatic hydroxyl groups is 1. The molecule has 17 heavy (non-hydrogen) atoms. The van der Waals surface area contributed by atoms with Crippen LogP contribution in [0.1, 0.15) is 23.7 Å². The summed E-state index contributed by atoms with van der Waals surface area (Å²) in [6.45, 7) is 3.61. The van der Waals surface area contributed by atoms with Gasteiger partial charge in [0.2, 0.25) is 6.41 Å². The number of hydrogen-bond donors (Lipinski definition) is 2. The Bertz CT molecular complexity index is 393. The number of nitrogens with zero attached hydrogens (tertiary/aromatic N) is 1. The second-order valence-corrected chi connectivity index (χ2v) is 4.31. The first-order chi connectivity index (χ1) is 8.10. The molecule has 0 aliphatic heterocycles. The van der Waals surface area contributed by atoms with Crippen LogP contribution in [0.3, 0.4) is 0 Å². The maximum Gasteiger partial charge on any atom is 0.331 e. The molecule has 0 aliphatic carbocycles. The summed E-state index contributed by atoms with van der Waals surface area (Å²) in [4.78, 5) is 26.0. The van der Waals surface area contributed by atoms with E-state index >= 15 is 0 Å². The van der Waals surface area contributed by atoms with Gasteiger partial charge in [-0.2, -0.15) is 0 Å². The summed E-state index contributed by atoms with van der Waals surface area (Å²) in [5.74, 6) is -0.683. The first kappa shape index (κ1) is 13.6. The van der Waals surface area contributed by atoms with Gasteiger partial charge in [-0.3, -0.25) is 4.79 Å².